The van der Waals surface area contributed by atoms with Crippen LogP contribution >= 0.6 is 0 Å². The van der Waals surface area contributed by atoms with Crippen LogP contribution in [-0.2, 0) is 33.2 Å². The molecule has 48 heavy (non-hydrogen) atoms. The van der Waals surface area contributed by atoms with Crippen molar-refractivity contribution in [2.45, 2.75) is 133 Å². The van der Waals surface area contributed by atoms with Gasteiger partial charge in [0.1, 0.15) is 29.8 Å². The largest absolute Gasteiger partial charge is 0.462 e. The van der Waals surface area contributed by atoms with Crippen LogP contribution in [0, 0.1) is 17.8 Å². The van der Waals surface area contributed by atoms with Gasteiger partial charge in [-0.05, 0) is 69.1 Å². The fourth-order valence-electron chi connectivity index (χ4n) is 8.85. The van der Waals surface area contributed by atoms with Crippen LogP contribution in [0.1, 0.15) is 89.9 Å². The Kier molecular flexibility index (Phi) is 8.99. The van der Waals surface area contributed by atoms with Crippen LogP contribution in [0.4, 0.5) is 0 Å². The number of allylic oxidation sites excluding steroid dienone is 2. The standard InChI is InChI=1S/C39H50O9/c1-6-31-25(4)16-17-37(47-31)21-29-20-28(46-37)14-12-23(2)18-24(3)13-15-32-38(48-32)22-43-34-33(45-35(40)27-10-8-7-9-11-27)26(5)19-30(36(41)44-29)39(34,38)42/h7-13,15,19,24-25,28-34,42H,6,14,16-18,20-22H2,1-5H3/b15-13?,23-12-/t24-,25-,28+,29-,30-,31+,32-,33+,34+,37+,38+,39+/m0/s1. The molecule has 7 rings (SSSR count). The highest BCUT2D eigenvalue weighted by Gasteiger charge is 2.80. The van der Waals surface area contributed by atoms with Crippen molar-refractivity contribution >= 4 is 11.9 Å². The highest BCUT2D eigenvalue weighted by atomic mass is 16.7. The molecule has 0 unspecified atom stereocenters. The van der Waals surface area contributed by atoms with Gasteiger partial charge in [0.15, 0.2) is 17.5 Å². The quantitative estimate of drug-likeness (QED) is 0.237. The Morgan fingerprint density at radius 2 is 1.85 bits per heavy atom. The second-order valence-corrected chi connectivity index (χ2v) is 15.1. The number of hydrogen-bond donors (Lipinski definition) is 1. The molecule has 1 aromatic carbocycles. The number of fused-ring (bicyclic) bond motifs is 2. The van der Waals surface area contributed by atoms with Crippen LogP contribution in [0.5, 0.6) is 0 Å². The van der Waals surface area contributed by atoms with Gasteiger partial charge in [-0.3, -0.25) is 4.79 Å². The predicted octanol–water partition coefficient (Wildman–Crippen LogP) is 6.00. The van der Waals surface area contributed by atoms with Crippen LogP contribution in [0.2, 0.25) is 0 Å². The van der Waals surface area contributed by atoms with Crippen LogP contribution < -0.4 is 0 Å². The number of carbonyl (C=O) groups is 2. The summed E-state index contributed by atoms with van der Waals surface area (Å²) < 4.78 is 38.5. The number of rotatable bonds is 3. The highest BCUT2D eigenvalue weighted by molar-refractivity contribution is 5.89. The van der Waals surface area contributed by atoms with Gasteiger partial charge in [0.25, 0.3) is 0 Å². The molecule has 1 N–H and O–H groups in total. The van der Waals surface area contributed by atoms with E-state index in [9.17, 15) is 14.7 Å². The number of esters is 2. The summed E-state index contributed by atoms with van der Waals surface area (Å²) in [6.07, 6.45) is 10.1. The Labute approximate surface area is 283 Å². The molecule has 12 atom stereocenters. The van der Waals surface area contributed by atoms with Gasteiger partial charge in [-0.2, -0.15) is 0 Å². The first kappa shape index (κ1) is 33.7. The van der Waals surface area contributed by atoms with E-state index < -0.39 is 59.3 Å². The number of aliphatic hydroxyl groups is 1. The lowest BCUT2D eigenvalue weighted by molar-refractivity contribution is -0.335. The smallest absolute Gasteiger partial charge is 0.338 e. The van der Waals surface area contributed by atoms with Crippen molar-refractivity contribution in [2.24, 2.45) is 17.8 Å². The molecule has 0 aromatic heterocycles. The number of ether oxygens (including phenoxy) is 6. The molecule has 9 nitrogen and oxygen atoms in total. The normalized spacial score (nSPS) is 45.2. The molecule has 5 aliphatic heterocycles. The highest BCUT2D eigenvalue weighted by Crippen LogP contribution is 2.59. The zero-order valence-electron chi connectivity index (χ0n) is 28.8. The van der Waals surface area contributed by atoms with Gasteiger partial charge >= 0.3 is 11.9 Å². The first-order valence-electron chi connectivity index (χ1n) is 17.8. The molecule has 2 spiro atoms. The van der Waals surface area contributed by atoms with Crippen molar-refractivity contribution in [1.29, 1.82) is 0 Å². The summed E-state index contributed by atoms with van der Waals surface area (Å²) in [6, 6.07) is 8.72. The molecule has 0 radical (unpaired) electrons. The molecule has 6 aliphatic rings. The van der Waals surface area contributed by atoms with E-state index in [0.29, 0.717) is 36.3 Å². The monoisotopic (exact) mass is 662 g/mol. The minimum absolute atomic E-state index is 0.0493. The summed E-state index contributed by atoms with van der Waals surface area (Å²) >= 11 is 0. The van der Waals surface area contributed by atoms with E-state index in [-0.39, 0.29) is 24.7 Å². The topological polar surface area (TPSA) is 113 Å². The van der Waals surface area contributed by atoms with Gasteiger partial charge in [0.05, 0.1) is 24.4 Å². The number of benzene rings is 1. The maximum absolute atomic E-state index is 14.4. The maximum atomic E-state index is 14.4. The second kappa shape index (κ2) is 12.8. The van der Waals surface area contributed by atoms with Gasteiger partial charge in [-0.25, -0.2) is 4.79 Å². The molecular formula is C39H50O9. The molecule has 9 heteroatoms. The van der Waals surface area contributed by atoms with Crippen molar-refractivity contribution in [3.8, 4) is 0 Å². The SMILES string of the molecule is CC[C@H]1O[C@]2(CC[C@@H]1C)C[C@@H]1C[C@@H](C/C=C(/C)C[C@@H](C)C=C[C@@H]3O[C@]34CO[C@@H]3[C@H](OC(=O)c5ccccc5)C(C)=C[C@@H](C(=O)O1)[C@@]34O)O2. The first-order chi connectivity index (χ1) is 23.0. The molecule has 1 aliphatic carbocycles. The summed E-state index contributed by atoms with van der Waals surface area (Å²) in [5.74, 6) is -2.38. The van der Waals surface area contributed by atoms with Crippen molar-refractivity contribution in [2.75, 3.05) is 6.61 Å². The molecule has 4 fully saturated rings. The van der Waals surface area contributed by atoms with Crippen LogP contribution in [0.15, 0.2) is 65.8 Å². The summed E-state index contributed by atoms with van der Waals surface area (Å²) in [4.78, 5) is 27.6. The van der Waals surface area contributed by atoms with Gasteiger partial charge in [-0.1, -0.05) is 68.8 Å². The van der Waals surface area contributed by atoms with Crippen molar-refractivity contribution < 1.29 is 43.1 Å². The maximum Gasteiger partial charge on any atom is 0.338 e. The lowest BCUT2D eigenvalue weighted by Gasteiger charge is -2.50. The predicted molar refractivity (Wildman–Crippen MR) is 177 cm³/mol. The third kappa shape index (κ3) is 5.89. The third-order valence-electron chi connectivity index (χ3n) is 11.6. The first-order valence-corrected chi connectivity index (χ1v) is 17.8. The molecule has 0 saturated carbocycles. The van der Waals surface area contributed by atoms with Gasteiger partial charge in [0.2, 0.25) is 0 Å². The minimum Gasteiger partial charge on any atom is -0.462 e. The van der Waals surface area contributed by atoms with E-state index in [4.69, 9.17) is 28.4 Å². The number of carbonyl (C=O) groups excluding carboxylic acids is 2. The van der Waals surface area contributed by atoms with E-state index in [1.807, 2.05) is 12.1 Å². The Morgan fingerprint density at radius 1 is 1.06 bits per heavy atom. The van der Waals surface area contributed by atoms with E-state index >= 15 is 0 Å². The van der Waals surface area contributed by atoms with E-state index in [0.717, 1.165) is 25.7 Å². The summed E-state index contributed by atoms with van der Waals surface area (Å²) in [7, 11) is 0. The van der Waals surface area contributed by atoms with Crippen LogP contribution in [0.3, 0.4) is 0 Å². The molecule has 0 amide bonds. The molecule has 1 aromatic rings. The lowest BCUT2D eigenvalue weighted by atomic mass is 9.67. The summed E-state index contributed by atoms with van der Waals surface area (Å²) in [5.41, 5.74) is -0.779. The fraction of sp³-hybridized carbons (Fsp3) is 0.641. The molecule has 260 valence electrons. The van der Waals surface area contributed by atoms with Gasteiger partial charge in [0, 0.05) is 19.3 Å². The average Bonchev–Trinajstić information content (AvgIpc) is 3.71. The van der Waals surface area contributed by atoms with Crippen molar-refractivity contribution in [3.05, 3.63) is 71.3 Å². The Bertz CT molecular complexity index is 1490. The fourth-order valence-corrected chi connectivity index (χ4v) is 8.85. The van der Waals surface area contributed by atoms with E-state index in [2.05, 4.69) is 39.8 Å². The zero-order chi connectivity index (χ0) is 33.8. The van der Waals surface area contributed by atoms with E-state index in [1.54, 1.807) is 37.3 Å². The third-order valence-corrected chi connectivity index (χ3v) is 11.6. The Morgan fingerprint density at radius 3 is 2.62 bits per heavy atom. The molecule has 5 heterocycles. The summed E-state index contributed by atoms with van der Waals surface area (Å²) in [5, 5.41) is 12.8. The molecule has 2 bridgehead atoms. The summed E-state index contributed by atoms with van der Waals surface area (Å²) in [6.45, 7) is 10.5. The van der Waals surface area contributed by atoms with Crippen LogP contribution in [0.25, 0.3) is 0 Å². The Balaban J connectivity index is 1.24. The van der Waals surface area contributed by atoms with E-state index in [1.165, 1.54) is 5.57 Å². The Hall–Kier alpha value is -2.82. The number of epoxide rings is 1. The lowest BCUT2D eigenvalue weighted by Crippen LogP contribution is -2.64. The number of hydrogen-bond acceptors (Lipinski definition) is 9. The zero-order valence-corrected chi connectivity index (χ0v) is 28.8. The van der Waals surface area contributed by atoms with Gasteiger partial charge in [-0.15, -0.1) is 0 Å². The van der Waals surface area contributed by atoms with Crippen molar-refractivity contribution in [3.63, 3.8) is 0 Å². The minimum atomic E-state index is -1.84. The van der Waals surface area contributed by atoms with Gasteiger partial charge < -0.3 is 33.5 Å². The van der Waals surface area contributed by atoms with Crippen LogP contribution in [-0.4, -0.2) is 77.3 Å². The van der Waals surface area contributed by atoms with Crippen molar-refractivity contribution in [1.82, 2.24) is 0 Å². The average molecular weight is 663 g/mol. The second-order valence-electron chi connectivity index (χ2n) is 15.1. The molecule has 4 saturated heterocycles. The molecular weight excluding hydrogens is 612 g/mol.